The van der Waals surface area contributed by atoms with Crippen molar-refractivity contribution in [1.82, 2.24) is 30.2 Å². The first-order chi connectivity index (χ1) is 14.8. The van der Waals surface area contributed by atoms with Crippen LogP contribution in [0.3, 0.4) is 0 Å². The zero-order valence-electron chi connectivity index (χ0n) is 17.5. The average Bonchev–Trinajstić information content (AvgIpc) is 3.33. The number of nitrogens with zero attached hydrogens (tertiary/aromatic N) is 5. The molecule has 9 nitrogen and oxygen atoms in total. The van der Waals surface area contributed by atoms with Crippen LogP contribution in [0.4, 0.5) is 5.82 Å². The Morgan fingerprint density at radius 3 is 2.71 bits per heavy atom. The number of aromatic amines is 1. The molecule has 0 saturated carbocycles. The van der Waals surface area contributed by atoms with Gasteiger partial charge in [0.05, 0.1) is 28.5 Å². The summed E-state index contributed by atoms with van der Waals surface area (Å²) in [4.78, 5) is 24.2. The predicted octanol–water partition coefficient (Wildman–Crippen LogP) is 2.86. The molecule has 3 aromatic heterocycles. The number of rotatable bonds is 3. The third-order valence-electron chi connectivity index (χ3n) is 5.50. The van der Waals surface area contributed by atoms with Gasteiger partial charge in [-0.05, 0) is 18.2 Å². The number of nitrogens with two attached hydrogens (primary N) is 1. The van der Waals surface area contributed by atoms with Crippen LogP contribution < -0.4 is 11.2 Å². The van der Waals surface area contributed by atoms with Crippen molar-refractivity contribution >= 4 is 28.5 Å². The Balaban J connectivity index is 1.56. The molecule has 1 aromatic carbocycles. The van der Waals surface area contributed by atoms with Crippen LogP contribution in [0.15, 0.2) is 48.0 Å². The Hall–Kier alpha value is -4.01. The van der Waals surface area contributed by atoms with E-state index in [9.17, 15) is 4.79 Å². The fourth-order valence-electron chi connectivity index (χ4n) is 3.93. The Morgan fingerprint density at radius 1 is 1.13 bits per heavy atom. The summed E-state index contributed by atoms with van der Waals surface area (Å²) in [6, 6.07) is 7.87. The molecule has 1 aliphatic rings. The van der Waals surface area contributed by atoms with Crippen molar-refractivity contribution in [1.29, 1.82) is 0 Å². The summed E-state index contributed by atoms with van der Waals surface area (Å²) in [6.45, 7) is 4.03. The molecule has 4 heterocycles. The van der Waals surface area contributed by atoms with E-state index >= 15 is 0 Å². The molecular formula is C22H22N8O. The first-order valence-electron chi connectivity index (χ1n) is 9.92. The number of hydrazone groups is 1. The summed E-state index contributed by atoms with van der Waals surface area (Å²) < 4.78 is 1.74. The summed E-state index contributed by atoms with van der Waals surface area (Å²) in [5.74, 6) is 0.962. The van der Waals surface area contributed by atoms with Gasteiger partial charge >= 0.3 is 0 Å². The number of carbonyl (C=O) groups is 1. The lowest BCUT2D eigenvalue weighted by Gasteiger charge is -2.29. The van der Waals surface area contributed by atoms with Crippen LogP contribution in [0, 0.1) is 5.41 Å². The van der Waals surface area contributed by atoms with Gasteiger partial charge in [0.25, 0.3) is 0 Å². The van der Waals surface area contributed by atoms with E-state index in [1.54, 1.807) is 17.1 Å². The number of amides is 1. The van der Waals surface area contributed by atoms with Gasteiger partial charge in [-0.1, -0.05) is 19.9 Å². The molecule has 0 saturated heterocycles. The van der Waals surface area contributed by atoms with Gasteiger partial charge in [0, 0.05) is 48.0 Å². The molecule has 4 aromatic rings. The van der Waals surface area contributed by atoms with Crippen LogP contribution in [0.5, 0.6) is 0 Å². The molecule has 0 fully saturated rings. The standard InChI is InChI=1S/C22H22N8O/c1-22(2)8-18(31)28-29-19(22)12-4-5-16-17(7-12)27-21(26-16)15-6-13(9-24-20(15)23)14-10-25-30(3)11-14/h4-7,9-11H,8H2,1-3H3,(H2,23,24)(H,26,27)(H,28,31). The molecule has 0 atom stereocenters. The number of nitrogens with one attached hydrogen (secondary N) is 2. The van der Waals surface area contributed by atoms with Crippen LogP contribution >= 0.6 is 0 Å². The number of aryl methyl sites for hydroxylation is 1. The number of nitrogen functional groups attached to an aromatic ring is 1. The van der Waals surface area contributed by atoms with E-state index in [4.69, 9.17) is 10.7 Å². The summed E-state index contributed by atoms with van der Waals surface area (Å²) in [5, 5.41) is 8.53. The van der Waals surface area contributed by atoms with Gasteiger partial charge < -0.3 is 10.7 Å². The number of imidazole rings is 1. The Labute approximate surface area is 178 Å². The quantitative estimate of drug-likeness (QED) is 0.475. The highest BCUT2D eigenvalue weighted by atomic mass is 16.2. The molecule has 4 N–H and O–H groups in total. The second kappa shape index (κ2) is 6.76. The molecule has 0 unspecified atom stereocenters. The van der Waals surface area contributed by atoms with Gasteiger partial charge in [-0.25, -0.2) is 15.4 Å². The Kier molecular flexibility index (Phi) is 4.14. The number of benzene rings is 1. The lowest BCUT2D eigenvalue weighted by Crippen LogP contribution is -2.39. The molecule has 31 heavy (non-hydrogen) atoms. The minimum atomic E-state index is -0.356. The number of H-pyrrole nitrogens is 1. The van der Waals surface area contributed by atoms with Crippen LogP contribution in [0.2, 0.25) is 0 Å². The van der Waals surface area contributed by atoms with Crippen molar-refractivity contribution in [2.24, 2.45) is 17.6 Å². The molecule has 1 aliphatic heterocycles. The first-order valence-corrected chi connectivity index (χ1v) is 9.92. The minimum absolute atomic E-state index is 0.0740. The summed E-state index contributed by atoms with van der Waals surface area (Å²) in [7, 11) is 1.87. The van der Waals surface area contributed by atoms with Gasteiger partial charge in [0.2, 0.25) is 5.91 Å². The Morgan fingerprint density at radius 2 is 1.97 bits per heavy atom. The normalized spacial score (nSPS) is 15.7. The first kappa shape index (κ1) is 19.0. The highest BCUT2D eigenvalue weighted by Gasteiger charge is 2.33. The third-order valence-corrected chi connectivity index (χ3v) is 5.50. The van der Waals surface area contributed by atoms with E-state index < -0.39 is 0 Å². The topological polar surface area (TPSA) is 127 Å². The van der Waals surface area contributed by atoms with Gasteiger partial charge in [-0.2, -0.15) is 10.2 Å². The number of carbonyl (C=O) groups excluding carboxylic acids is 1. The van der Waals surface area contributed by atoms with E-state index in [1.807, 2.05) is 51.4 Å². The van der Waals surface area contributed by atoms with Gasteiger partial charge in [0.1, 0.15) is 11.6 Å². The van der Waals surface area contributed by atoms with Crippen LogP contribution in [0.25, 0.3) is 33.5 Å². The number of hydrogen-bond acceptors (Lipinski definition) is 6. The molecule has 0 radical (unpaired) electrons. The van der Waals surface area contributed by atoms with Crippen molar-refractivity contribution in [3.8, 4) is 22.5 Å². The maximum absolute atomic E-state index is 11.7. The summed E-state index contributed by atoms with van der Waals surface area (Å²) in [6.07, 6.45) is 5.83. The van der Waals surface area contributed by atoms with E-state index in [1.165, 1.54) is 0 Å². The lowest BCUT2D eigenvalue weighted by molar-refractivity contribution is -0.122. The number of fused-ring (bicyclic) bond motifs is 1. The maximum Gasteiger partial charge on any atom is 0.241 e. The summed E-state index contributed by atoms with van der Waals surface area (Å²) >= 11 is 0. The smallest absolute Gasteiger partial charge is 0.241 e. The second-order valence-corrected chi connectivity index (χ2v) is 8.43. The van der Waals surface area contributed by atoms with Crippen molar-refractivity contribution in [3.63, 3.8) is 0 Å². The van der Waals surface area contributed by atoms with Gasteiger partial charge in [-0.3, -0.25) is 9.48 Å². The lowest BCUT2D eigenvalue weighted by atomic mass is 9.79. The third kappa shape index (κ3) is 3.33. The molecule has 1 amide bonds. The van der Waals surface area contributed by atoms with Gasteiger partial charge in [-0.15, -0.1) is 0 Å². The maximum atomic E-state index is 11.7. The zero-order chi connectivity index (χ0) is 21.8. The molecule has 0 bridgehead atoms. The van der Waals surface area contributed by atoms with Crippen LogP contribution in [-0.4, -0.2) is 36.4 Å². The summed E-state index contributed by atoms with van der Waals surface area (Å²) in [5.41, 5.74) is 14.4. The van der Waals surface area contributed by atoms with Crippen LogP contribution in [0.1, 0.15) is 25.8 Å². The highest BCUT2D eigenvalue weighted by molar-refractivity contribution is 6.09. The predicted molar refractivity (Wildman–Crippen MR) is 119 cm³/mol. The van der Waals surface area contributed by atoms with E-state index in [0.717, 1.165) is 39.0 Å². The zero-order valence-corrected chi connectivity index (χ0v) is 17.5. The van der Waals surface area contributed by atoms with Crippen molar-refractivity contribution < 1.29 is 4.79 Å². The number of anilines is 1. The van der Waals surface area contributed by atoms with Crippen molar-refractivity contribution in [2.45, 2.75) is 20.3 Å². The van der Waals surface area contributed by atoms with Crippen molar-refractivity contribution in [3.05, 3.63) is 48.4 Å². The number of hydrogen-bond donors (Lipinski definition) is 3. The molecule has 9 heteroatoms. The monoisotopic (exact) mass is 414 g/mol. The van der Waals surface area contributed by atoms with Crippen molar-refractivity contribution in [2.75, 3.05) is 5.73 Å². The molecule has 156 valence electrons. The van der Waals surface area contributed by atoms with E-state index in [0.29, 0.717) is 18.1 Å². The van der Waals surface area contributed by atoms with Crippen LogP contribution in [-0.2, 0) is 11.8 Å². The fourth-order valence-corrected chi connectivity index (χ4v) is 3.93. The second-order valence-electron chi connectivity index (χ2n) is 8.43. The highest BCUT2D eigenvalue weighted by Crippen LogP contribution is 2.32. The Bertz CT molecular complexity index is 1360. The molecule has 0 aliphatic carbocycles. The van der Waals surface area contributed by atoms with E-state index in [2.05, 4.69) is 25.6 Å². The largest absolute Gasteiger partial charge is 0.383 e. The fraction of sp³-hybridized carbons (Fsp3) is 0.227. The number of aromatic nitrogens is 5. The molecule has 0 spiro atoms. The molecule has 5 rings (SSSR count). The van der Waals surface area contributed by atoms with E-state index in [-0.39, 0.29) is 11.3 Å². The SMILES string of the molecule is Cn1cc(-c2cnc(N)c(-c3nc4ccc(C5=NNC(=O)CC5(C)C)cc4[nH]3)c2)cn1. The number of pyridine rings is 1. The minimum Gasteiger partial charge on any atom is -0.383 e. The van der Waals surface area contributed by atoms with Gasteiger partial charge in [0.15, 0.2) is 0 Å². The molecular weight excluding hydrogens is 392 g/mol. The average molecular weight is 414 g/mol.